The zero-order valence-corrected chi connectivity index (χ0v) is 13.1. The topological polar surface area (TPSA) is 100 Å². The summed E-state index contributed by atoms with van der Waals surface area (Å²) in [7, 11) is -3.49. The van der Waals surface area contributed by atoms with E-state index in [2.05, 4.69) is 31.6 Å². The quantitative estimate of drug-likeness (QED) is 0.660. The molecule has 0 saturated carbocycles. The maximum Gasteiger partial charge on any atom is 0.279 e. The van der Waals surface area contributed by atoms with Crippen LogP contribution in [-0.2, 0) is 16.8 Å². The molecule has 2 rings (SSSR count). The van der Waals surface area contributed by atoms with Gasteiger partial charge in [0.25, 0.3) is 10.2 Å². The van der Waals surface area contributed by atoms with Crippen LogP contribution in [0.4, 0.5) is 0 Å². The highest BCUT2D eigenvalue weighted by molar-refractivity contribution is 7.87. The summed E-state index contributed by atoms with van der Waals surface area (Å²) >= 11 is 0. The fourth-order valence-corrected chi connectivity index (χ4v) is 3.68. The molecule has 0 radical (unpaired) electrons. The van der Waals surface area contributed by atoms with Gasteiger partial charge in [-0.1, -0.05) is 12.1 Å². The van der Waals surface area contributed by atoms with Crippen LogP contribution < -0.4 is 10.0 Å². The molecule has 1 atom stereocenters. The lowest BCUT2D eigenvalue weighted by Gasteiger charge is -2.31. The normalized spacial score (nSPS) is 20.7. The van der Waals surface area contributed by atoms with Crippen LogP contribution in [0.15, 0.2) is 10.9 Å². The van der Waals surface area contributed by atoms with Gasteiger partial charge in [-0.3, -0.25) is 0 Å². The summed E-state index contributed by atoms with van der Waals surface area (Å²) in [4.78, 5) is 3.80. The van der Waals surface area contributed by atoms with E-state index in [4.69, 9.17) is 0 Å². The van der Waals surface area contributed by atoms with Gasteiger partial charge in [0.1, 0.15) is 0 Å². The molecule has 120 valence electrons. The van der Waals surface area contributed by atoms with Crippen LogP contribution in [0.2, 0.25) is 0 Å². The lowest BCUT2D eigenvalue weighted by atomic mass is 10.00. The Morgan fingerprint density at radius 1 is 1.52 bits per heavy atom. The fraction of sp³-hybridized carbons (Fsp3) is 0.833. The Bertz CT molecular complexity index is 505. The number of nitrogens with one attached hydrogen (secondary N) is 2. The van der Waals surface area contributed by atoms with Gasteiger partial charge in [-0.25, -0.2) is 0 Å². The van der Waals surface area contributed by atoms with Crippen molar-refractivity contribution in [2.75, 3.05) is 26.2 Å². The Hall–Kier alpha value is -1.03. The van der Waals surface area contributed by atoms with Gasteiger partial charge in [0, 0.05) is 13.1 Å². The van der Waals surface area contributed by atoms with E-state index >= 15 is 0 Å². The van der Waals surface area contributed by atoms with E-state index in [9.17, 15) is 8.42 Å². The van der Waals surface area contributed by atoms with Crippen molar-refractivity contribution in [2.45, 2.75) is 32.7 Å². The van der Waals surface area contributed by atoms with Crippen molar-refractivity contribution in [3.8, 4) is 0 Å². The number of hydrogen-bond donors (Lipinski definition) is 2. The molecule has 2 N–H and O–H groups in total. The van der Waals surface area contributed by atoms with Crippen LogP contribution in [0.5, 0.6) is 0 Å². The average Bonchev–Trinajstić information content (AvgIpc) is 2.99. The number of hydrogen-bond acceptors (Lipinski definition) is 6. The van der Waals surface area contributed by atoms with E-state index in [0.717, 1.165) is 32.4 Å². The zero-order valence-electron chi connectivity index (χ0n) is 12.3. The van der Waals surface area contributed by atoms with E-state index in [0.29, 0.717) is 24.8 Å². The number of rotatable bonds is 8. The summed E-state index contributed by atoms with van der Waals surface area (Å²) in [5.74, 6) is 0.698. The maximum absolute atomic E-state index is 12.3. The summed E-state index contributed by atoms with van der Waals surface area (Å²) in [5.41, 5.74) is 0. The molecule has 1 aromatic heterocycles. The molecule has 0 aliphatic carbocycles. The number of nitrogens with zero attached hydrogens (tertiary/aromatic N) is 3. The molecular weight excluding hydrogens is 294 g/mol. The third-order valence-electron chi connectivity index (χ3n) is 3.50. The monoisotopic (exact) mass is 317 g/mol. The molecule has 1 fully saturated rings. The highest BCUT2D eigenvalue weighted by atomic mass is 32.2. The van der Waals surface area contributed by atoms with Crippen LogP contribution in [0.25, 0.3) is 0 Å². The van der Waals surface area contributed by atoms with Gasteiger partial charge < -0.3 is 9.84 Å². The van der Waals surface area contributed by atoms with Crippen molar-refractivity contribution in [3.63, 3.8) is 0 Å². The van der Waals surface area contributed by atoms with Crippen molar-refractivity contribution in [2.24, 2.45) is 5.92 Å². The van der Waals surface area contributed by atoms with Crippen molar-refractivity contribution < 1.29 is 12.9 Å². The van der Waals surface area contributed by atoms with Crippen LogP contribution in [0, 0.1) is 5.92 Å². The highest BCUT2D eigenvalue weighted by Gasteiger charge is 2.28. The summed E-state index contributed by atoms with van der Waals surface area (Å²) in [5, 5.41) is 6.94. The third-order valence-corrected chi connectivity index (χ3v) is 5.02. The van der Waals surface area contributed by atoms with E-state index in [1.165, 1.54) is 10.7 Å². The van der Waals surface area contributed by atoms with E-state index < -0.39 is 10.2 Å². The summed E-state index contributed by atoms with van der Waals surface area (Å²) in [6, 6.07) is 0. The van der Waals surface area contributed by atoms with Crippen LogP contribution in [-0.4, -0.2) is 49.0 Å². The maximum atomic E-state index is 12.3. The van der Waals surface area contributed by atoms with Crippen molar-refractivity contribution >= 4 is 10.2 Å². The SMILES string of the molecule is CCCNCC1CCCN(S(=O)(=O)NCc2ncon2)C1. The lowest BCUT2D eigenvalue weighted by Crippen LogP contribution is -2.47. The largest absolute Gasteiger partial charge is 0.343 e. The second-order valence-electron chi connectivity index (χ2n) is 5.24. The van der Waals surface area contributed by atoms with Gasteiger partial charge in [0.05, 0.1) is 6.54 Å². The Morgan fingerprint density at radius 3 is 3.10 bits per heavy atom. The lowest BCUT2D eigenvalue weighted by molar-refractivity contribution is 0.257. The number of aromatic nitrogens is 2. The second kappa shape index (κ2) is 7.83. The molecule has 1 aliphatic heterocycles. The first-order valence-corrected chi connectivity index (χ1v) is 8.76. The molecule has 1 unspecified atom stereocenters. The van der Waals surface area contributed by atoms with Crippen LogP contribution >= 0.6 is 0 Å². The fourth-order valence-electron chi connectivity index (χ4n) is 2.41. The van der Waals surface area contributed by atoms with E-state index in [-0.39, 0.29) is 6.54 Å². The van der Waals surface area contributed by atoms with Crippen LogP contribution in [0.1, 0.15) is 32.0 Å². The molecule has 21 heavy (non-hydrogen) atoms. The van der Waals surface area contributed by atoms with E-state index in [1.54, 1.807) is 0 Å². The summed E-state index contributed by atoms with van der Waals surface area (Å²) < 4.78 is 33.1. The molecule has 2 heterocycles. The van der Waals surface area contributed by atoms with Crippen molar-refractivity contribution in [3.05, 3.63) is 12.2 Å². The summed E-state index contributed by atoms with van der Waals surface area (Å²) in [6.45, 7) is 5.12. The molecule has 9 heteroatoms. The second-order valence-corrected chi connectivity index (χ2v) is 7.00. The predicted molar refractivity (Wildman–Crippen MR) is 77.5 cm³/mol. The Labute approximate surface area is 125 Å². The smallest absolute Gasteiger partial charge is 0.279 e. The number of piperidine rings is 1. The third kappa shape index (κ3) is 5.03. The predicted octanol–water partition coefficient (Wildman–Crippen LogP) is 0.116. The molecule has 0 bridgehead atoms. The van der Waals surface area contributed by atoms with Gasteiger partial charge in [0.15, 0.2) is 5.82 Å². The molecule has 1 saturated heterocycles. The zero-order chi connectivity index (χ0) is 15.1. The molecule has 1 aromatic rings. The first kappa shape index (κ1) is 16.3. The summed E-state index contributed by atoms with van der Waals surface area (Å²) in [6.07, 6.45) is 4.22. The van der Waals surface area contributed by atoms with Gasteiger partial charge in [0.2, 0.25) is 6.39 Å². The molecule has 8 nitrogen and oxygen atoms in total. The first-order valence-electron chi connectivity index (χ1n) is 7.32. The molecule has 0 spiro atoms. The minimum Gasteiger partial charge on any atom is -0.343 e. The molecule has 0 amide bonds. The molecular formula is C12H23N5O3S. The minimum absolute atomic E-state index is 0.0497. The molecule has 0 aromatic carbocycles. The standard InChI is InChI=1S/C12H23N5O3S/c1-2-5-13-7-11-4-3-6-17(9-11)21(18,19)15-8-12-14-10-20-16-12/h10-11,13,15H,2-9H2,1H3. The Balaban J connectivity index is 1.83. The van der Waals surface area contributed by atoms with Gasteiger partial charge in [-0.2, -0.15) is 22.4 Å². The Kier molecular flexibility index (Phi) is 6.09. The van der Waals surface area contributed by atoms with Gasteiger partial charge in [-0.05, 0) is 38.3 Å². The minimum atomic E-state index is -3.49. The molecule has 1 aliphatic rings. The Morgan fingerprint density at radius 2 is 2.38 bits per heavy atom. The average molecular weight is 317 g/mol. The van der Waals surface area contributed by atoms with Gasteiger partial charge in [-0.15, -0.1) is 0 Å². The highest BCUT2D eigenvalue weighted by Crippen LogP contribution is 2.18. The van der Waals surface area contributed by atoms with Crippen molar-refractivity contribution in [1.82, 2.24) is 24.5 Å². The van der Waals surface area contributed by atoms with E-state index in [1.807, 2.05) is 0 Å². The van der Waals surface area contributed by atoms with Crippen LogP contribution in [0.3, 0.4) is 0 Å². The van der Waals surface area contributed by atoms with Gasteiger partial charge >= 0.3 is 0 Å². The van der Waals surface area contributed by atoms with Crippen molar-refractivity contribution in [1.29, 1.82) is 0 Å². The first-order chi connectivity index (χ1) is 10.1.